The fourth-order valence-electron chi connectivity index (χ4n) is 1.34. The predicted octanol–water partition coefficient (Wildman–Crippen LogP) is 1.92. The van der Waals surface area contributed by atoms with Crippen LogP contribution >= 0.6 is 0 Å². The van der Waals surface area contributed by atoms with Crippen LogP contribution in [0.4, 0.5) is 0 Å². The van der Waals surface area contributed by atoms with Gasteiger partial charge < -0.3 is 9.84 Å². The highest BCUT2D eigenvalue weighted by Crippen LogP contribution is 2.22. The van der Waals surface area contributed by atoms with Crippen LogP contribution in [0.15, 0.2) is 30.3 Å². The standard InChI is InChI=1S/C12H16O3/c1-3-15-12(14)9(2)11(13)10-7-5-4-6-8-10/h4-9,11,13H,3H2,1-2H3/t9-,11-/m0/s1. The van der Waals surface area contributed by atoms with Gasteiger partial charge in [0, 0.05) is 0 Å². The van der Waals surface area contributed by atoms with Crippen LogP contribution in [0, 0.1) is 5.92 Å². The summed E-state index contributed by atoms with van der Waals surface area (Å²) in [5.41, 5.74) is 0.734. The fourth-order valence-corrected chi connectivity index (χ4v) is 1.34. The quantitative estimate of drug-likeness (QED) is 0.769. The Bertz CT molecular complexity index is 308. The van der Waals surface area contributed by atoms with Crippen molar-refractivity contribution in [2.75, 3.05) is 6.61 Å². The lowest BCUT2D eigenvalue weighted by Gasteiger charge is -2.17. The van der Waals surface area contributed by atoms with Crippen LogP contribution in [0.5, 0.6) is 0 Å². The molecule has 0 aliphatic carbocycles. The normalized spacial score (nSPS) is 14.3. The van der Waals surface area contributed by atoms with E-state index in [1.54, 1.807) is 26.0 Å². The molecule has 82 valence electrons. The first-order valence-electron chi connectivity index (χ1n) is 5.06. The molecule has 3 nitrogen and oxygen atoms in total. The van der Waals surface area contributed by atoms with Gasteiger partial charge in [-0.1, -0.05) is 30.3 Å². The zero-order chi connectivity index (χ0) is 11.3. The average molecular weight is 208 g/mol. The van der Waals surface area contributed by atoms with Crippen LogP contribution in [0.25, 0.3) is 0 Å². The lowest BCUT2D eigenvalue weighted by Crippen LogP contribution is -2.21. The molecule has 3 heteroatoms. The molecule has 0 fully saturated rings. The maximum Gasteiger partial charge on any atom is 0.311 e. The lowest BCUT2D eigenvalue weighted by atomic mass is 9.98. The first-order valence-corrected chi connectivity index (χ1v) is 5.06. The van der Waals surface area contributed by atoms with Crippen molar-refractivity contribution in [1.82, 2.24) is 0 Å². The number of aliphatic hydroxyl groups is 1. The number of hydrogen-bond donors (Lipinski definition) is 1. The van der Waals surface area contributed by atoms with E-state index in [9.17, 15) is 9.90 Å². The molecule has 0 radical (unpaired) electrons. The molecule has 0 amide bonds. The van der Waals surface area contributed by atoms with Gasteiger partial charge in [0.2, 0.25) is 0 Å². The van der Waals surface area contributed by atoms with Crippen molar-refractivity contribution in [3.63, 3.8) is 0 Å². The van der Waals surface area contributed by atoms with Gasteiger partial charge in [-0.05, 0) is 19.4 Å². The molecule has 0 unspecified atom stereocenters. The fraction of sp³-hybridized carbons (Fsp3) is 0.417. The monoisotopic (exact) mass is 208 g/mol. The Hall–Kier alpha value is -1.35. The van der Waals surface area contributed by atoms with Gasteiger partial charge in [-0.25, -0.2) is 0 Å². The lowest BCUT2D eigenvalue weighted by molar-refractivity contribution is -0.151. The van der Waals surface area contributed by atoms with E-state index >= 15 is 0 Å². The molecule has 0 spiro atoms. The number of carbonyl (C=O) groups is 1. The Balaban J connectivity index is 2.68. The molecule has 1 N–H and O–H groups in total. The molecule has 0 aliphatic rings. The highest BCUT2D eigenvalue weighted by molar-refractivity contribution is 5.72. The molecule has 1 aromatic rings. The van der Waals surface area contributed by atoms with Gasteiger partial charge >= 0.3 is 5.97 Å². The van der Waals surface area contributed by atoms with E-state index in [2.05, 4.69) is 0 Å². The predicted molar refractivity (Wildman–Crippen MR) is 57.2 cm³/mol. The number of benzene rings is 1. The zero-order valence-electron chi connectivity index (χ0n) is 9.01. The van der Waals surface area contributed by atoms with Gasteiger partial charge in [0.05, 0.1) is 18.6 Å². The van der Waals surface area contributed by atoms with E-state index in [-0.39, 0.29) is 5.97 Å². The van der Waals surface area contributed by atoms with Crippen molar-refractivity contribution in [1.29, 1.82) is 0 Å². The number of rotatable bonds is 4. The third kappa shape index (κ3) is 3.06. The Labute approximate surface area is 89.7 Å². The Morgan fingerprint density at radius 3 is 2.53 bits per heavy atom. The van der Waals surface area contributed by atoms with Gasteiger partial charge in [-0.2, -0.15) is 0 Å². The van der Waals surface area contributed by atoms with Crippen LogP contribution in [0.3, 0.4) is 0 Å². The van der Waals surface area contributed by atoms with Gasteiger partial charge in [0.15, 0.2) is 0 Å². The van der Waals surface area contributed by atoms with E-state index in [1.165, 1.54) is 0 Å². The molecule has 2 atom stereocenters. The molecule has 1 rings (SSSR count). The topological polar surface area (TPSA) is 46.5 Å². The van der Waals surface area contributed by atoms with Crippen molar-refractivity contribution in [2.24, 2.45) is 5.92 Å². The van der Waals surface area contributed by atoms with Crippen molar-refractivity contribution < 1.29 is 14.6 Å². The summed E-state index contributed by atoms with van der Waals surface area (Å²) in [6.07, 6.45) is -0.801. The Kier molecular flexibility index (Phi) is 4.31. The van der Waals surface area contributed by atoms with Gasteiger partial charge in [0.25, 0.3) is 0 Å². The summed E-state index contributed by atoms with van der Waals surface area (Å²) in [5, 5.41) is 9.89. The minimum absolute atomic E-state index is 0.338. The summed E-state index contributed by atoms with van der Waals surface area (Å²) in [4.78, 5) is 11.4. The maximum atomic E-state index is 11.4. The number of carbonyl (C=O) groups excluding carboxylic acids is 1. The van der Waals surface area contributed by atoms with Gasteiger partial charge in [-0.3, -0.25) is 4.79 Å². The molecule has 1 aromatic carbocycles. The second-order valence-corrected chi connectivity index (χ2v) is 3.40. The number of esters is 1. The first-order chi connectivity index (χ1) is 7.16. The summed E-state index contributed by atoms with van der Waals surface area (Å²) in [6.45, 7) is 3.75. The van der Waals surface area contributed by atoms with Gasteiger partial charge in [0.1, 0.15) is 0 Å². The summed E-state index contributed by atoms with van der Waals surface area (Å²) in [5.74, 6) is -0.902. The minimum atomic E-state index is -0.801. The third-order valence-electron chi connectivity index (χ3n) is 2.27. The first kappa shape index (κ1) is 11.7. The summed E-state index contributed by atoms with van der Waals surface area (Å²) in [6, 6.07) is 9.11. The molecular formula is C12H16O3. The molecule has 0 heterocycles. The van der Waals surface area contributed by atoms with Crippen LogP contribution in [0.2, 0.25) is 0 Å². The van der Waals surface area contributed by atoms with Crippen molar-refractivity contribution >= 4 is 5.97 Å². The number of ether oxygens (including phenoxy) is 1. The van der Waals surface area contributed by atoms with E-state index in [0.29, 0.717) is 6.61 Å². The highest BCUT2D eigenvalue weighted by atomic mass is 16.5. The molecule has 0 aliphatic heterocycles. The average Bonchev–Trinajstić information content (AvgIpc) is 2.28. The Morgan fingerprint density at radius 1 is 1.40 bits per heavy atom. The summed E-state index contributed by atoms with van der Waals surface area (Å²) in [7, 11) is 0. The van der Waals surface area contributed by atoms with Crippen LogP contribution in [-0.4, -0.2) is 17.7 Å². The van der Waals surface area contributed by atoms with Crippen LogP contribution < -0.4 is 0 Å². The second kappa shape index (κ2) is 5.51. The number of aliphatic hydroxyl groups excluding tert-OH is 1. The number of hydrogen-bond acceptors (Lipinski definition) is 3. The molecule has 0 aromatic heterocycles. The van der Waals surface area contributed by atoms with Crippen molar-refractivity contribution in [2.45, 2.75) is 20.0 Å². The Morgan fingerprint density at radius 2 is 2.00 bits per heavy atom. The van der Waals surface area contributed by atoms with Gasteiger partial charge in [-0.15, -0.1) is 0 Å². The largest absolute Gasteiger partial charge is 0.466 e. The van der Waals surface area contributed by atoms with Crippen molar-refractivity contribution in [3.05, 3.63) is 35.9 Å². The molecule has 15 heavy (non-hydrogen) atoms. The molecular weight excluding hydrogens is 192 g/mol. The highest BCUT2D eigenvalue weighted by Gasteiger charge is 2.24. The van der Waals surface area contributed by atoms with E-state index < -0.39 is 12.0 Å². The molecule has 0 saturated heterocycles. The SMILES string of the molecule is CCOC(=O)[C@@H](C)[C@H](O)c1ccccc1. The molecule has 0 bridgehead atoms. The maximum absolute atomic E-state index is 11.4. The van der Waals surface area contributed by atoms with Crippen LogP contribution in [-0.2, 0) is 9.53 Å². The summed E-state index contributed by atoms with van der Waals surface area (Å²) < 4.78 is 4.85. The van der Waals surface area contributed by atoms with E-state index in [1.807, 2.05) is 18.2 Å². The smallest absolute Gasteiger partial charge is 0.311 e. The summed E-state index contributed by atoms with van der Waals surface area (Å²) >= 11 is 0. The van der Waals surface area contributed by atoms with Crippen molar-refractivity contribution in [3.8, 4) is 0 Å². The van der Waals surface area contributed by atoms with E-state index in [0.717, 1.165) is 5.56 Å². The van der Waals surface area contributed by atoms with E-state index in [4.69, 9.17) is 4.74 Å². The third-order valence-corrected chi connectivity index (χ3v) is 2.27. The zero-order valence-corrected chi connectivity index (χ0v) is 9.01. The second-order valence-electron chi connectivity index (χ2n) is 3.40. The van der Waals surface area contributed by atoms with Crippen LogP contribution in [0.1, 0.15) is 25.5 Å². The minimum Gasteiger partial charge on any atom is -0.466 e. The molecule has 0 saturated carbocycles.